The van der Waals surface area contributed by atoms with Crippen molar-refractivity contribution in [2.75, 3.05) is 31.1 Å². The Morgan fingerprint density at radius 2 is 1.88 bits per heavy atom. The third-order valence-electron chi connectivity index (χ3n) is 5.02. The first-order valence-electron chi connectivity index (χ1n) is 8.90. The Bertz CT molecular complexity index is 564. The van der Waals surface area contributed by atoms with E-state index in [4.69, 9.17) is 0 Å². The van der Waals surface area contributed by atoms with Gasteiger partial charge in [0.2, 0.25) is 11.8 Å². The number of carbonyl (C=O) groups excluding carboxylic acids is 2. The van der Waals surface area contributed by atoms with Crippen molar-refractivity contribution < 1.29 is 9.59 Å². The molecule has 24 heavy (non-hydrogen) atoms. The molecular formula is C18H26N4O2. The van der Waals surface area contributed by atoms with Crippen molar-refractivity contribution in [2.24, 2.45) is 5.92 Å². The monoisotopic (exact) mass is 330 g/mol. The van der Waals surface area contributed by atoms with Crippen LogP contribution in [0.4, 0.5) is 5.82 Å². The maximum absolute atomic E-state index is 12.6. The number of amides is 2. The summed E-state index contributed by atoms with van der Waals surface area (Å²) in [5, 5.41) is 2.91. The second kappa shape index (κ2) is 7.64. The fourth-order valence-corrected chi connectivity index (χ4v) is 3.55. The summed E-state index contributed by atoms with van der Waals surface area (Å²) >= 11 is 0. The highest BCUT2D eigenvalue weighted by atomic mass is 16.2. The maximum atomic E-state index is 12.6. The molecule has 2 fully saturated rings. The first-order valence-corrected chi connectivity index (χ1v) is 8.90. The molecule has 0 spiro atoms. The molecule has 1 atom stereocenters. The van der Waals surface area contributed by atoms with Gasteiger partial charge in [0.1, 0.15) is 11.9 Å². The molecule has 0 unspecified atom stereocenters. The Kier molecular flexibility index (Phi) is 5.33. The van der Waals surface area contributed by atoms with Crippen LogP contribution >= 0.6 is 0 Å². The van der Waals surface area contributed by atoms with Gasteiger partial charge in [0.25, 0.3) is 0 Å². The van der Waals surface area contributed by atoms with E-state index in [1.807, 2.05) is 23.1 Å². The van der Waals surface area contributed by atoms with Crippen LogP contribution in [0.3, 0.4) is 0 Å². The first-order chi connectivity index (χ1) is 11.6. The molecule has 2 aliphatic rings. The molecule has 6 nitrogen and oxygen atoms in total. The normalized spacial score (nSPS) is 20.0. The smallest absolute Gasteiger partial charge is 0.244 e. The number of carbonyl (C=O) groups is 2. The molecule has 1 aliphatic carbocycles. The van der Waals surface area contributed by atoms with Crippen molar-refractivity contribution in [1.29, 1.82) is 0 Å². The zero-order valence-electron chi connectivity index (χ0n) is 14.3. The molecule has 0 aromatic carbocycles. The largest absolute Gasteiger partial charge is 0.353 e. The average molecular weight is 330 g/mol. The molecule has 6 heteroatoms. The van der Waals surface area contributed by atoms with Gasteiger partial charge in [-0.15, -0.1) is 0 Å². The van der Waals surface area contributed by atoms with Crippen LogP contribution < -0.4 is 10.2 Å². The van der Waals surface area contributed by atoms with Gasteiger partial charge in [-0.2, -0.15) is 0 Å². The van der Waals surface area contributed by atoms with E-state index in [1.54, 1.807) is 13.1 Å². The molecule has 1 N–H and O–H groups in total. The maximum Gasteiger partial charge on any atom is 0.244 e. The quantitative estimate of drug-likeness (QED) is 0.907. The molecule has 1 aliphatic heterocycles. The van der Waals surface area contributed by atoms with Gasteiger partial charge in [-0.25, -0.2) is 4.98 Å². The zero-order chi connectivity index (χ0) is 16.9. The molecule has 1 saturated heterocycles. The standard InChI is InChI=1S/C18H26N4O2/c1-14(20-17(23)15-6-2-3-7-15)18(24)22-12-10-21(11-13-22)16-8-4-5-9-19-16/h4-5,8-9,14-15H,2-3,6-7,10-13H2,1H3,(H,20,23)/t14-/m1/s1. The second-order valence-corrected chi connectivity index (χ2v) is 6.71. The summed E-state index contributed by atoms with van der Waals surface area (Å²) in [7, 11) is 0. The summed E-state index contributed by atoms with van der Waals surface area (Å²) in [4.78, 5) is 33.1. The molecular weight excluding hydrogens is 304 g/mol. The Morgan fingerprint density at radius 3 is 2.50 bits per heavy atom. The SMILES string of the molecule is C[C@@H](NC(=O)C1CCCC1)C(=O)N1CCN(c2ccccn2)CC1. The van der Waals surface area contributed by atoms with E-state index < -0.39 is 6.04 Å². The topological polar surface area (TPSA) is 65.5 Å². The molecule has 1 aromatic heterocycles. The van der Waals surface area contributed by atoms with Crippen LogP contribution in [0, 0.1) is 5.92 Å². The van der Waals surface area contributed by atoms with Crippen LogP contribution in [0.5, 0.6) is 0 Å². The molecule has 1 saturated carbocycles. The van der Waals surface area contributed by atoms with Crippen molar-refractivity contribution in [3.05, 3.63) is 24.4 Å². The zero-order valence-corrected chi connectivity index (χ0v) is 14.3. The van der Waals surface area contributed by atoms with E-state index in [2.05, 4.69) is 15.2 Å². The fraction of sp³-hybridized carbons (Fsp3) is 0.611. The third-order valence-corrected chi connectivity index (χ3v) is 5.02. The van der Waals surface area contributed by atoms with E-state index >= 15 is 0 Å². The van der Waals surface area contributed by atoms with Crippen LogP contribution in [0.1, 0.15) is 32.6 Å². The Labute approximate surface area is 143 Å². The molecule has 2 amide bonds. The van der Waals surface area contributed by atoms with Gasteiger partial charge >= 0.3 is 0 Å². The fourth-order valence-electron chi connectivity index (χ4n) is 3.55. The lowest BCUT2D eigenvalue weighted by molar-refractivity contribution is -0.137. The highest BCUT2D eigenvalue weighted by Crippen LogP contribution is 2.24. The lowest BCUT2D eigenvalue weighted by atomic mass is 10.1. The summed E-state index contributed by atoms with van der Waals surface area (Å²) in [6.07, 6.45) is 5.93. The molecule has 0 radical (unpaired) electrons. The summed E-state index contributed by atoms with van der Waals surface area (Å²) in [6, 6.07) is 5.42. The molecule has 0 bridgehead atoms. The van der Waals surface area contributed by atoms with Crippen LogP contribution in [-0.2, 0) is 9.59 Å². The Morgan fingerprint density at radius 1 is 1.17 bits per heavy atom. The van der Waals surface area contributed by atoms with Gasteiger partial charge in [-0.1, -0.05) is 18.9 Å². The minimum absolute atomic E-state index is 0.0158. The highest BCUT2D eigenvalue weighted by molar-refractivity contribution is 5.88. The molecule has 3 rings (SSSR count). The van der Waals surface area contributed by atoms with Gasteiger partial charge in [-0.3, -0.25) is 9.59 Å². The van der Waals surface area contributed by atoms with Crippen LogP contribution in [0.25, 0.3) is 0 Å². The number of hydrogen-bond acceptors (Lipinski definition) is 4. The van der Waals surface area contributed by atoms with Crippen LogP contribution in [0.2, 0.25) is 0 Å². The van der Waals surface area contributed by atoms with Crippen LogP contribution in [-0.4, -0.2) is 53.9 Å². The van der Waals surface area contributed by atoms with Crippen LogP contribution in [0.15, 0.2) is 24.4 Å². The highest BCUT2D eigenvalue weighted by Gasteiger charge is 2.29. The van der Waals surface area contributed by atoms with E-state index in [9.17, 15) is 9.59 Å². The van der Waals surface area contributed by atoms with E-state index in [-0.39, 0.29) is 17.7 Å². The lowest BCUT2D eigenvalue weighted by Crippen LogP contribution is -2.54. The number of anilines is 1. The van der Waals surface area contributed by atoms with Crippen molar-refractivity contribution in [3.8, 4) is 0 Å². The van der Waals surface area contributed by atoms with E-state index in [1.165, 1.54) is 0 Å². The number of aromatic nitrogens is 1. The predicted molar refractivity (Wildman–Crippen MR) is 92.6 cm³/mol. The van der Waals surface area contributed by atoms with Gasteiger partial charge in [0, 0.05) is 38.3 Å². The number of nitrogens with zero attached hydrogens (tertiary/aromatic N) is 3. The summed E-state index contributed by atoms with van der Waals surface area (Å²) < 4.78 is 0. The van der Waals surface area contributed by atoms with E-state index in [0.717, 1.165) is 44.6 Å². The van der Waals surface area contributed by atoms with Gasteiger partial charge in [0.15, 0.2) is 0 Å². The first kappa shape index (κ1) is 16.7. The molecule has 2 heterocycles. The summed E-state index contributed by atoms with van der Waals surface area (Å²) in [6.45, 7) is 4.66. The third kappa shape index (κ3) is 3.86. The molecule has 1 aromatic rings. The molecule has 130 valence electrons. The van der Waals surface area contributed by atoms with Gasteiger partial charge < -0.3 is 15.1 Å². The van der Waals surface area contributed by atoms with Crippen molar-refractivity contribution in [2.45, 2.75) is 38.6 Å². The van der Waals surface area contributed by atoms with Gasteiger partial charge in [-0.05, 0) is 31.9 Å². The number of nitrogens with one attached hydrogen (secondary N) is 1. The summed E-state index contributed by atoms with van der Waals surface area (Å²) in [5.41, 5.74) is 0. The minimum Gasteiger partial charge on any atom is -0.353 e. The van der Waals surface area contributed by atoms with E-state index in [0.29, 0.717) is 13.1 Å². The number of rotatable bonds is 4. The average Bonchev–Trinajstić information content (AvgIpc) is 3.17. The number of pyridine rings is 1. The van der Waals surface area contributed by atoms with Crippen molar-refractivity contribution in [3.63, 3.8) is 0 Å². The number of piperazine rings is 1. The number of hydrogen-bond donors (Lipinski definition) is 1. The minimum atomic E-state index is -0.445. The van der Waals surface area contributed by atoms with Gasteiger partial charge in [0.05, 0.1) is 0 Å². The van der Waals surface area contributed by atoms with Crippen molar-refractivity contribution >= 4 is 17.6 Å². The van der Waals surface area contributed by atoms with Crippen molar-refractivity contribution in [1.82, 2.24) is 15.2 Å². The predicted octanol–water partition coefficient (Wildman–Crippen LogP) is 1.43. The second-order valence-electron chi connectivity index (χ2n) is 6.71. The summed E-state index contributed by atoms with van der Waals surface area (Å²) in [5.74, 6) is 1.11. The Balaban J connectivity index is 1.48. The Hall–Kier alpha value is -2.11. The lowest BCUT2D eigenvalue weighted by Gasteiger charge is -2.36.